The normalized spacial score (nSPS) is 11.0. The number of thioether (sulfide) groups is 2. The molecule has 0 bridgehead atoms. The van der Waals surface area contributed by atoms with Crippen molar-refractivity contribution in [1.29, 1.82) is 0 Å². The van der Waals surface area contributed by atoms with Crippen molar-refractivity contribution in [1.82, 2.24) is 9.55 Å². The van der Waals surface area contributed by atoms with Crippen molar-refractivity contribution < 1.29 is 4.39 Å². The number of benzene rings is 1. The first-order valence-corrected chi connectivity index (χ1v) is 10.1. The zero-order chi connectivity index (χ0) is 16.9. The molecule has 0 saturated heterocycles. The number of thiophene rings is 1. The fourth-order valence-corrected chi connectivity index (χ4v) is 4.85. The molecule has 0 N–H and O–H groups in total. The summed E-state index contributed by atoms with van der Waals surface area (Å²) < 4.78 is 14.6. The van der Waals surface area contributed by atoms with Gasteiger partial charge in [0.25, 0.3) is 5.56 Å². The summed E-state index contributed by atoms with van der Waals surface area (Å²) in [5.74, 6) is 1.43. The molecule has 0 saturated carbocycles. The second-order valence-corrected chi connectivity index (χ2v) is 8.01. The van der Waals surface area contributed by atoms with Crippen LogP contribution in [0.5, 0.6) is 0 Å². The predicted octanol–water partition coefficient (Wildman–Crippen LogP) is 4.67. The standard InChI is InChI=1S/C17H15FN2OS3/c1-2-8-20-16(21)14-7-9-23-15(14)19-17(20)24-11-10-22-13-5-3-12(18)4-6-13/h2-7,9H,1,8,10-11H2. The molecule has 1 aromatic carbocycles. The summed E-state index contributed by atoms with van der Waals surface area (Å²) in [6.07, 6.45) is 1.71. The minimum Gasteiger partial charge on any atom is -0.283 e. The van der Waals surface area contributed by atoms with Gasteiger partial charge in [-0.2, -0.15) is 0 Å². The van der Waals surface area contributed by atoms with Gasteiger partial charge in [0.15, 0.2) is 5.16 Å². The van der Waals surface area contributed by atoms with Gasteiger partial charge in [-0.3, -0.25) is 9.36 Å². The van der Waals surface area contributed by atoms with Crippen molar-refractivity contribution >= 4 is 45.1 Å². The summed E-state index contributed by atoms with van der Waals surface area (Å²) in [5.41, 5.74) is -0.0187. The molecule has 0 aliphatic rings. The molecule has 0 amide bonds. The zero-order valence-electron chi connectivity index (χ0n) is 12.8. The van der Waals surface area contributed by atoms with Crippen LogP contribution in [-0.4, -0.2) is 21.1 Å². The Morgan fingerprint density at radius 3 is 2.71 bits per heavy atom. The van der Waals surface area contributed by atoms with Crippen molar-refractivity contribution in [2.75, 3.05) is 11.5 Å². The lowest BCUT2D eigenvalue weighted by atomic mass is 10.4. The monoisotopic (exact) mass is 378 g/mol. The van der Waals surface area contributed by atoms with E-state index in [2.05, 4.69) is 11.6 Å². The molecule has 2 aromatic heterocycles. The van der Waals surface area contributed by atoms with E-state index < -0.39 is 0 Å². The van der Waals surface area contributed by atoms with Gasteiger partial charge in [-0.15, -0.1) is 29.7 Å². The molecular weight excluding hydrogens is 363 g/mol. The Hall–Kier alpha value is -1.57. The molecule has 0 aliphatic heterocycles. The van der Waals surface area contributed by atoms with Crippen LogP contribution in [0.25, 0.3) is 10.2 Å². The van der Waals surface area contributed by atoms with E-state index >= 15 is 0 Å². The number of allylic oxidation sites excluding steroid dienone is 1. The first-order chi connectivity index (χ1) is 11.7. The lowest BCUT2D eigenvalue weighted by Crippen LogP contribution is -2.22. The number of aromatic nitrogens is 2. The van der Waals surface area contributed by atoms with E-state index in [-0.39, 0.29) is 11.4 Å². The van der Waals surface area contributed by atoms with Crippen molar-refractivity contribution in [3.05, 3.63) is 64.5 Å². The largest absolute Gasteiger partial charge is 0.283 e. The van der Waals surface area contributed by atoms with E-state index in [1.165, 1.54) is 23.5 Å². The summed E-state index contributed by atoms with van der Waals surface area (Å²) in [4.78, 5) is 18.9. The molecule has 2 heterocycles. The molecule has 0 atom stereocenters. The van der Waals surface area contributed by atoms with Crippen LogP contribution < -0.4 is 5.56 Å². The van der Waals surface area contributed by atoms with E-state index in [0.717, 1.165) is 26.4 Å². The maximum absolute atomic E-state index is 12.9. The summed E-state index contributed by atoms with van der Waals surface area (Å²) >= 11 is 4.69. The second kappa shape index (κ2) is 8.00. The van der Waals surface area contributed by atoms with Gasteiger partial charge in [-0.25, -0.2) is 9.37 Å². The number of rotatable bonds is 7. The predicted molar refractivity (Wildman–Crippen MR) is 102 cm³/mol. The number of hydrogen-bond donors (Lipinski definition) is 0. The summed E-state index contributed by atoms with van der Waals surface area (Å²) in [5, 5.41) is 3.26. The van der Waals surface area contributed by atoms with E-state index in [1.807, 2.05) is 11.4 Å². The van der Waals surface area contributed by atoms with E-state index in [9.17, 15) is 9.18 Å². The van der Waals surface area contributed by atoms with Crippen molar-refractivity contribution in [3.8, 4) is 0 Å². The van der Waals surface area contributed by atoms with E-state index in [4.69, 9.17) is 0 Å². The topological polar surface area (TPSA) is 34.9 Å². The van der Waals surface area contributed by atoms with Gasteiger partial charge in [0, 0.05) is 22.9 Å². The highest BCUT2D eigenvalue weighted by Gasteiger charge is 2.11. The average molecular weight is 379 g/mol. The average Bonchev–Trinajstić information content (AvgIpc) is 3.05. The zero-order valence-corrected chi connectivity index (χ0v) is 15.2. The number of fused-ring (bicyclic) bond motifs is 1. The highest BCUT2D eigenvalue weighted by atomic mass is 32.2. The van der Waals surface area contributed by atoms with Crippen LogP contribution >= 0.6 is 34.9 Å². The molecule has 3 nitrogen and oxygen atoms in total. The van der Waals surface area contributed by atoms with Crippen LogP contribution in [0.2, 0.25) is 0 Å². The van der Waals surface area contributed by atoms with E-state index in [0.29, 0.717) is 11.9 Å². The molecule has 124 valence electrons. The number of halogens is 1. The maximum atomic E-state index is 12.9. The number of nitrogens with zero attached hydrogens (tertiary/aromatic N) is 2. The first kappa shape index (κ1) is 17.3. The van der Waals surface area contributed by atoms with Crippen LogP contribution in [0.1, 0.15) is 0 Å². The third kappa shape index (κ3) is 3.91. The lowest BCUT2D eigenvalue weighted by Gasteiger charge is -2.09. The van der Waals surface area contributed by atoms with Crippen molar-refractivity contribution in [2.45, 2.75) is 16.6 Å². The lowest BCUT2D eigenvalue weighted by molar-refractivity contribution is 0.626. The molecule has 0 fully saturated rings. The first-order valence-electron chi connectivity index (χ1n) is 7.29. The van der Waals surface area contributed by atoms with Crippen LogP contribution in [0.15, 0.2) is 63.2 Å². The highest BCUT2D eigenvalue weighted by molar-refractivity contribution is 8.02. The molecule has 7 heteroatoms. The summed E-state index contributed by atoms with van der Waals surface area (Å²) in [6, 6.07) is 8.28. The molecular formula is C17H15FN2OS3. The van der Waals surface area contributed by atoms with Gasteiger partial charge in [0.1, 0.15) is 10.6 Å². The Morgan fingerprint density at radius 1 is 1.21 bits per heavy atom. The van der Waals surface area contributed by atoms with Gasteiger partial charge in [-0.1, -0.05) is 17.8 Å². The fraction of sp³-hybridized carbons (Fsp3) is 0.176. The third-order valence-electron chi connectivity index (χ3n) is 3.26. The Balaban J connectivity index is 1.69. The quantitative estimate of drug-likeness (QED) is 0.259. The van der Waals surface area contributed by atoms with Crippen LogP contribution in [-0.2, 0) is 6.54 Å². The van der Waals surface area contributed by atoms with Crippen LogP contribution in [0, 0.1) is 5.82 Å². The minimum atomic E-state index is -0.226. The van der Waals surface area contributed by atoms with Crippen LogP contribution in [0.3, 0.4) is 0 Å². The fourth-order valence-electron chi connectivity index (χ4n) is 2.15. The molecule has 3 rings (SSSR count). The van der Waals surface area contributed by atoms with Gasteiger partial charge >= 0.3 is 0 Å². The van der Waals surface area contributed by atoms with Gasteiger partial charge in [0.2, 0.25) is 0 Å². The molecule has 0 unspecified atom stereocenters. The van der Waals surface area contributed by atoms with Crippen molar-refractivity contribution in [3.63, 3.8) is 0 Å². The van der Waals surface area contributed by atoms with Gasteiger partial charge in [-0.05, 0) is 35.7 Å². The summed E-state index contributed by atoms with van der Waals surface area (Å²) in [7, 11) is 0. The smallest absolute Gasteiger partial charge is 0.263 e. The van der Waals surface area contributed by atoms with Crippen LogP contribution in [0.4, 0.5) is 4.39 Å². The number of hydrogen-bond acceptors (Lipinski definition) is 5. The Bertz CT molecular complexity index is 902. The molecule has 0 radical (unpaired) electrons. The molecule has 0 aliphatic carbocycles. The molecule has 3 aromatic rings. The minimum absolute atomic E-state index is 0.0187. The molecule has 24 heavy (non-hydrogen) atoms. The Morgan fingerprint density at radius 2 is 1.96 bits per heavy atom. The SMILES string of the molecule is C=CCn1c(SCCSc2ccc(F)cc2)nc2sccc2c1=O. The van der Waals surface area contributed by atoms with Gasteiger partial charge < -0.3 is 0 Å². The second-order valence-electron chi connectivity index (χ2n) is 4.89. The summed E-state index contributed by atoms with van der Waals surface area (Å²) in [6.45, 7) is 4.17. The Kier molecular flexibility index (Phi) is 5.76. The molecule has 0 spiro atoms. The van der Waals surface area contributed by atoms with E-state index in [1.54, 1.807) is 46.3 Å². The highest BCUT2D eigenvalue weighted by Crippen LogP contribution is 2.24. The maximum Gasteiger partial charge on any atom is 0.263 e. The third-order valence-corrected chi connectivity index (χ3v) is 6.31. The van der Waals surface area contributed by atoms with Crippen molar-refractivity contribution in [2.24, 2.45) is 0 Å². The Labute approximate surface area is 151 Å². The van der Waals surface area contributed by atoms with Gasteiger partial charge in [0.05, 0.1) is 5.39 Å².